The number of nitrogens with zero attached hydrogens (tertiary/aromatic N) is 3. The minimum absolute atomic E-state index is 0.209. The number of fused-ring (bicyclic) bond motifs is 1. The smallest absolute Gasteiger partial charge is 0.326 e. The quantitative estimate of drug-likeness (QED) is 0.908. The van der Waals surface area contributed by atoms with E-state index in [9.17, 15) is 14.7 Å². The summed E-state index contributed by atoms with van der Waals surface area (Å²) in [7, 11) is 1.80. The van der Waals surface area contributed by atoms with Crippen molar-refractivity contribution < 1.29 is 19.4 Å². The lowest BCUT2D eigenvalue weighted by Crippen LogP contribution is -2.50. The van der Waals surface area contributed by atoms with Crippen LogP contribution in [0.25, 0.3) is 0 Å². The van der Waals surface area contributed by atoms with Crippen molar-refractivity contribution in [1.82, 2.24) is 14.7 Å². The highest BCUT2D eigenvalue weighted by Gasteiger charge is 2.34. The van der Waals surface area contributed by atoms with E-state index in [2.05, 4.69) is 5.10 Å². The van der Waals surface area contributed by atoms with Crippen LogP contribution in [0.3, 0.4) is 0 Å². The Labute approximate surface area is 145 Å². The Morgan fingerprint density at radius 3 is 2.56 bits per heavy atom. The third kappa shape index (κ3) is 3.22. The zero-order valence-electron chi connectivity index (χ0n) is 14.5. The highest BCUT2D eigenvalue weighted by atomic mass is 16.5. The van der Waals surface area contributed by atoms with Gasteiger partial charge in [0.05, 0.1) is 5.69 Å². The number of amides is 1. The number of rotatable bonds is 4. The van der Waals surface area contributed by atoms with Crippen molar-refractivity contribution in [2.24, 2.45) is 7.05 Å². The first-order chi connectivity index (χ1) is 11.9. The number of carboxylic acid groups (broad SMARTS) is 1. The lowest BCUT2D eigenvalue weighted by molar-refractivity contribution is -0.152. The van der Waals surface area contributed by atoms with Gasteiger partial charge in [-0.3, -0.25) is 9.48 Å². The fourth-order valence-corrected chi connectivity index (χ4v) is 3.19. The minimum atomic E-state index is -1.00. The van der Waals surface area contributed by atoms with Crippen LogP contribution in [-0.2, 0) is 29.6 Å². The molecule has 7 heteroatoms. The monoisotopic (exact) mass is 343 g/mol. The Bertz CT molecular complexity index is 828. The molecular weight excluding hydrogens is 322 g/mol. The van der Waals surface area contributed by atoms with Gasteiger partial charge in [-0.2, -0.15) is 5.10 Å². The van der Waals surface area contributed by atoms with Crippen molar-refractivity contribution in [2.75, 3.05) is 6.61 Å². The molecular formula is C18H21N3O4. The maximum atomic E-state index is 12.6. The average Bonchev–Trinajstić information content (AvgIpc) is 2.83. The highest BCUT2D eigenvalue weighted by molar-refractivity contribution is 5.85. The van der Waals surface area contributed by atoms with Crippen LogP contribution in [0.4, 0.5) is 0 Å². The molecule has 7 nitrogen and oxygen atoms in total. The van der Waals surface area contributed by atoms with Gasteiger partial charge in [-0.15, -0.1) is 0 Å². The van der Waals surface area contributed by atoms with Gasteiger partial charge in [0.1, 0.15) is 11.7 Å². The summed E-state index contributed by atoms with van der Waals surface area (Å²) in [6.07, 6.45) is 0.308. The Morgan fingerprint density at radius 1 is 1.28 bits per heavy atom. The Hall–Kier alpha value is -2.83. The van der Waals surface area contributed by atoms with Gasteiger partial charge in [-0.25, -0.2) is 4.79 Å². The Balaban J connectivity index is 1.77. The van der Waals surface area contributed by atoms with E-state index in [1.54, 1.807) is 11.7 Å². The predicted octanol–water partition coefficient (Wildman–Crippen LogP) is 1.45. The van der Waals surface area contributed by atoms with Gasteiger partial charge in [-0.05, 0) is 25.0 Å². The van der Waals surface area contributed by atoms with Crippen molar-refractivity contribution in [3.63, 3.8) is 0 Å². The molecule has 1 aromatic carbocycles. The molecule has 0 unspecified atom stereocenters. The molecule has 3 rings (SSSR count). The molecule has 1 atom stereocenters. The van der Waals surface area contributed by atoms with Crippen LogP contribution >= 0.6 is 0 Å². The lowest BCUT2D eigenvalue weighted by Gasteiger charge is -2.34. The standard InChI is InChI=1S/C18H21N3O4/c1-11-17(12(2)20(3)19-11)25-10-16(22)21-9-14-7-5-4-6-13(14)8-15(21)18(23)24/h4-7,15H,8-10H2,1-3H3,(H,23,24)/t15-/m0/s1. The average molecular weight is 343 g/mol. The number of aliphatic carboxylic acids is 1. The van der Waals surface area contributed by atoms with E-state index in [-0.39, 0.29) is 19.1 Å². The third-order valence-corrected chi connectivity index (χ3v) is 4.64. The number of aromatic nitrogens is 2. The number of hydrogen-bond donors (Lipinski definition) is 1. The summed E-state index contributed by atoms with van der Waals surface area (Å²) in [5.41, 5.74) is 3.47. The fraction of sp³-hybridized carbons (Fsp3) is 0.389. The summed E-state index contributed by atoms with van der Waals surface area (Å²) in [5.74, 6) is -0.777. The molecule has 0 spiro atoms. The molecule has 0 bridgehead atoms. The third-order valence-electron chi connectivity index (χ3n) is 4.64. The van der Waals surface area contributed by atoms with E-state index in [4.69, 9.17) is 4.74 Å². The van der Waals surface area contributed by atoms with Gasteiger partial charge in [0, 0.05) is 20.0 Å². The summed E-state index contributed by atoms with van der Waals surface area (Å²) in [4.78, 5) is 25.6. The number of carbonyl (C=O) groups is 2. The van der Waals surface area contributed by atoms with Gasteiger partial charge >= 0.3 is 5.97 Å². The molecule has 0 saturated heterocycles. The first-order valence-electron chi connectivity index (χ1n) is 8.10. The van der Waals surface area contributed by atoms with Crippen LogP contribution < -0.4 is 4.74 Å². The van der Waals surface area contributed by atoms with Crippen LogP contribution in [0.15, 0.2) is 24.3 Å². The van der Waals surface area contributed by atoms with E-state index < -0.39 is 12.0 Å². The molecule has 0 saturated carbocycles. The highest BCUT2D eigenvalue weighted by Crippen LogP contribution is 2.25. The molecule has 132 valence electrons. The number of hydrogen-bond acceptors (Lipinski definition) is 4. The first-order valence-corrected chi connectivity index (χ1v) is 8.10. The van der Waals surface area contributed by atoms with E-state index >= 15 is 0 Å². The number of aryl methyl sites for hydroxylation is 2. The molecule has 2 heterocycles. The van der Waals surface area contributed by atoms with Crippen molar-refractivity contribution in [3.8, 4) is 5.75 Å². The van der Waals surface area contributed by atoms with E-state index in [1.165, 1.54) is 4.90 Å². The Kier molecular flexibility index (Phi) is 4.48. The topological polar surface area (TPSA) is 84.7 Å². The van der Waals surface area contributed by atoms with Crippen molar-refractivity contribution >= 4 is 11.9 Å². The normalized spacial score (nSPS) is 16.4. The summed E-state index contributed by atoms with van der Waals surface area (Å²) in [6, 6.07) is 6.73. The van der Waals surface area contributed by atoms with Crippen molar-refractivity contribution in [3.05, 3.63) is 46.8 Å². The molecule has 1 aliphatic heterocycles. The second-order valence-corrected chi connectivity index (χ2v) is 6.26. The number of ether oxygens (including phenoxy) is 1. The van der Waals surface area contributed by atoms with Crippen molar-refractivity contribution in [1.29, 1.82) is 0 Å². The predicted molar refractivity (Wildman–Crippen MR) is 90.3 cm³/mol. The molecule has 0 radical (unpaired) electrons. The molecule has 1 amide bonds. The second kappa shape index (κ2) is 6.58. The molecule has 1 aromatic heterocycles. The van der Waals surface area contributed by atoms with Gasteiger partial charge < -0.3 is 14.7 Å². The zero-order valence-corrected chi connectivity index (χ0v) is 14.5. The van der Waals surface area contributed by atoms with Crippen LogP contribution in [0.5, 0.6) is 5.75 Å². The summed E-state index contributed by atoms with van der Waals surface area (Å²) >= 11 is 0. The largest absolute Gasteiger partial charge is 0.480 e. The SMILES string of the molecule is Cc1nn(C)c(C)c1OCC(=O)N1Cc2ccccc2C[C@H]1C(=O)O. The molecule has 0 fully saturated rings. The molecule has 1 N–H and O–H groups in total. The van der Waals surface area contributed by atoms with Gasteiger partial charge in [0.2, 0.25) is 0 Å². The lowest BCUT2D eigenvalue weighted by atomic mass is 9.94. The van der Waals surface area contributed by atoms with Crippen LogP contribution in [0.2, 0.25) is 0 Å². The summed E-state index contributed by atoms with van der Waals surface area (Å²) < 4.78 is 7.34. The van der Waals surface area contributed by atoms with Gasteiger partial charge in [-0.1, -0.05) is 24.3 Å². The summed E-state index contributed by atoms with van der Waals surface area (Å²) in [5, 5.41) is 13.8. The number of carboxylic acids is 1. The van der Waals surface area contributed by atoms with E-state index in [0.29, 0.717) is 17.9 Å². The zero-order chi connectivity index (χ0) is 18.1. The molecule has 2 aromatic rings. The minimum Gasteiger partial charge on any atom is -0.480 e. The van der Waals surface area contributed by atoms with E-state index in [1.807, 2.05) is 38.1 Å². The second-order valence-electron chi connectivity index (χ2n) is 6.26. The van der Waals surface area contributed by atoms with Gasteiger partial charge in [0.15, 0.2) is 12.4 Å². The number of carbonyl (C=O) groups excluding carboxylic acids is 1. The first kappa shape index (κ1) is 17.0. The van der Waals surface area contributed by atoms with Crippen molar-refractivity contribution in [2.45, 2.75) is 32.9 Å². The fourth-order valence-electron chi connectivity index (χ4n) is 3.19. The van der Waals surface area contributed by atoms with Gasteiger partial charge in [0.25, 0.3) is 5.91 Å². The molecule has 25 heavy (non-hydrogen) atoms. The molecule has 0 aliphatic carbocycles. The maximum absolute atomic E-state index is 12.6. The van der Waals surface area contributed by atoms with Crippen LogP contribution in [-0.4, -0.2) is 44.3 Å². The Morgan fingerprint density at radius 2 is 1.96 bits per heavy atom. The van der Waals surface area contributed by atoms with E-state index in [0.717, 1.165) is 16.8 Å². The molecule has 1 aliphatic rings. The maximum Gasteiger partial charge on any atom is 0.326 e. The van der Waals surface area contributed by atoms with Crippen LogP contribution in [0.1, 0.15) is 22.5 Å². The summed E-state index contributed by atoms with van der Waals surface area (Å²) in [6.45, 7) is 3.74. The van der Waals surface area contributed by atoms with Crippen LogP contribution in [0, 0.1) is 13.8 Å². The number of benzene rings is 1.